The summed E-state index contributed by atoms with van der Waals surface area (Å²) in [4.78, 5) is 15.6. The fourth-order valence-corrected chi connectivity index (χ4v) is 2.69. The SMILES string of the molecule is Cc1cc(C)nc(N2CCC[C@H](c3nc(C)no3)C2)n1. The molecule has 0 aromatic carbocycles. The predicted octanol–water partition coefficient (Wildman–Crippen LogP) is 2.17. The van der Waals surface area contributed by atoms with Gasteiger partial charge < -0.3 is 9.42 Å². The topological polar surface area (TPSA) is 67.9 Å². The van der Waals surface area contributed by atoms with Crippen molar-refractivity contribution >= 4 is 5.95 Å². The van der Waals surface area contributed by atoms with E-state index in [9.17, 15) is 0 Å². The highest BCUT2D eigenvalue weighted by atomic mass is 16.5. The average molecular weight is 273 g/mol. The fraction of sp³-hybridized carbons (Fsp3) is 0.571. The molecule has 1 fully saturated rings. The predicted molar refractivity (Wildman–Crippen MR) is 74.7 cm³/mol. The minimum absolute atomic E-state index is 0.273. The molecule has 1 aliphatic rings. The molecule has 2 aromatic heterocycles. The maximum absolute atomic E-state index is 5.31. The maximum atomic E-state index is 5.31. The summed E-state index contributed by atoms with van der Waals surface area (Å²) in [6.45, 7) is 7.67. The van der Waals surface area contributed by atoms with Crippen LogP contribution in [0.5, 0.6) is 0 Å². The molecule has 6 nitrogen and oxygen atoms in total. The van der Waals surface area contributed by atoms with Crippen LogP contribution in [0.1, 0.15) is 41.9 Å². The first-order valence-electron chi connectivity index (χ1n) is 6.99. The Bertz CT molecular complexity index is 589. The Hall–Kier alpha value is -1.98. The zero-order chi connectivity index (χ0) is 14.1. The van der Waals surface area contributed by atoms with Crippen molar-refractivity contribution in [3.8, 4) is 0 Å². The Labute approximate surface area is 118 Å². The summed E-state index contributed by atoms with van der Waals surface area (Å²) < 4.78 is 5.31. The normalized spacial score (nSPS) is 19.4. The Morgan fingerprint density at radius 3 is 2.55 bits per heavy atom. The molecule has 1 saturated heterocycles. The molecule has 0 amide bonds. The van der Waals surface area contributed by atoms with Crippen LogP contribution < -0.4 is 4.90 Å². The van der Waals surface area contributed by atoms with E-state index in [1.807, 2.05) is 26.8 Å². The van der Waals surface area contributed by atoms with Gasteiger partial charge in [-0.05, 0) is 39.7 Å². The van der Waals surface area contributed by atoms with Gasteiger partial charge in [-0.3, -0.25) is 0 Å². The summed E-state index contributed by atoms with van der Waals surface area (Å²) in [6.07, 6.45) is 2.16. The van der Waals surface area contributed by atoms with Gasteiger partial charge in [-0.2, -0.15) is 4.98 Å². The zero-order valence-corrected chi connectivity index (χ0v) is 12.1. The number of aryl methyl sites for hydroxylation is 3. The Morgan fingerprint density at radius 2 is 1.90 bits per heavy atom. The number of hydrogen-bond acceptors (Lipinski definition) is 6. The van der Waals surface area contributed by atoms with Gasteiger partial charge in [0.2, 0.25) is 11.8 Å². The monoisotopic (exact) mass is 273 g/mol. The largest absolute Gasteiger partial charge is 0.340 e. The molecule has 1 aliphatic heterocycles. The molecule has 0 bridgehead atoms. The molecule has 6 heteroatoms. The molecule has 0 spiro atoms. The molecule has 0 unspecified atom stereocenters. The first-order chi connectivity index (χ1) is 9.61. The van der Waals surface area contributed by atoms with E-state index in [0.717, 1.165) is 49.2 Å². The Balaban J connectivity index is 1.81. The number of rotatable bonds is 2. The molecule has 106 valence electrons. The van der Waals surface area contributed by atoms with Crippen molar-refractivity contribution in [3.63, 3.8) is 0 Å². The maximum Gasteiger partial charge on any atom is 0.231 e. The molecule has 0 saturated carbocycles. The van der Waals surface area contributed by atoms with Crippen LogP contribution in [0.2, 0.25) is 0 Å². The van der Waals surface area contributed by atoms with Crippen molar-refractivity contribution in [2.24, 2.45) is 0 Å². The minimum Gasteiger partial charge on any atom is -0.340 e. The van der Waals surface area contributed by atoms with Crippen LogP contribution in [0.25, 0.3) is 0 Å². The third-order valence-corrected chi connectivity index (χ3v) is 3.57. The molecule has 0 N–H and O–H groups in total. The summed E-state index contributed by atoms with van der Waals surface area (Å²) in [6, 6.07) is 1.99. The van der Waals surface area contributed by atoms with Crippen LogP contribution in [-0.4, -0.2) is 33.2 Å². The van der Waals surface area contributed by atoms with Gasteiger partial charge in [-0.1, -0.05) is 5.16 Å². The quantitative estimate of drug-likeness (QED) is 0.835. The van der Waals surface area contributed by atoms with Crippen molar-refractivity contribution in [2.75, 3.05) is 18.0 Å². The van der Waals surface area contributed by atoms with E-state index >= 15 is 0 Å². The highest BCUT2D eigenvalue weighted by Gasteiger charge is 2.27. The third-order valence-electron chi connectivity index (χ3n) is 3.57. The van der Waals surface area contributed by atoms with Gasteiger partial charge in [-0.25, -0.2) is 9.97 Å². The summed E-state index contributed by atoms with van der Waals surface area (Å²) in [7, 11) is 0. The second-order valence-corrected chi connectivity index (χ2v) is 5.42. The zero-order valence-electron chi connectivity index (χ0n) is 12.1. The van der Waals surface area contributed by atoms with Crippen molar-refractivity contribution in [1.29, 1.82) is 0 Å². The highest BCUT2D eigenvalue weighted by Crippen LogP contribution is 2.27. The van der Waals surface area contributed by atoms with Gasteiger partial charge in [0.1, 0.15) is 0 Å². The molecule has 3 heterocycles. The van der Waals surface area contributed by atoms with Crippen molar-refractivity contribution in [2.45, 2.75) is 39.5 Å². The second kappa shape index (κ2) is 5.19. The van der Waals surface area contributed by atoms with Gasteiger partial charge in [-0.15, -0.1) is 0 Å². The van der Waals surface area contributed by atoms with Crippen LogP contribution in [0.3, 0.4) is 0 Å². The van der Waals surface area contributed by atoms with E-state index in [1.165, 1.54) is 0 Å². The van der Waals surface area contributed by atoms with Crippen LogP contribution in [0.4, 0.5) is 5.95 Å². The first kappa shape index (κ1) is 13.0. The van der Waals surface area contributed by atoms with Gasteiger partial charge in [0.25, 0.3) is 0 Å². The van der Waals surface area contributed by atoms with E-state index in [0.29, 0.717) is 5.82 Å². The van der Waals surface area contributed by atoms with Gasteiger partial charge in [0.15, 0.2) is 5.82 Å². The van der Waals surface area contributed by atoms with Crippen molar-refractivity contribution in [3.05, 3.63) is 29.2 Å². The van der Waals surface area contributed by atoms with Gasteiger partial charge in [0, 0.05) is 24.5 Å². The number of hydrogen-bond donors (Lipinski definition) is 0. The fourth-order valence-electron chi connectivity index (χ4n) is 2.69. The lowest BCUT2D eigenvalue weighted by Crippen LogP contribution is -2.35. The highest BCUT2D eigenvalue weighted by molar-refractivity contribution is 5.33. The van der Waals surface area contributed by atoms with E-state index in [-0.39, 0.29) is 5.92 Å². The lowest BCUT2D eigenvalue weighted by atomic mass is 9.98. The molecule has 20 heavy (non-hydrogen) atoms. The smallest absolute Gasteiger partial charge is 0.231 e. The van der Waals surface area contributed by atoms with E-state index < -0.39 is 0 Å². The summed E-state index contributed by atoms with van der Waals surface area (Å²) in [5.41, 5.74) is 2.01. The third kappa shape index (κ3) is 2.64. The second-order valence-electron chi connectivity index (χ2n) is 5.42. The first-order valence-corrected chi connectivity index (χ1v) is 6.99. The lowest BCUT2D eigenvalue weighted by molar-refractivity contribution is 0.330. The van der Waals surface area contributed by atoms with Crippen LogP contribution in [0.15, 0.2) is 10.6 Å². The summed E-state index contributed by atoms with van der Waals surface area (Å²) in [5.74, 6) is 2.51. The van der Waals surface area contributed by atoms with Gasteiger partial charge in [0.05, 0.1) is 5.92 Å². The van der Waals surface area contributed by atoms with Crippen LogP contribution in [-0.2, 0) is 0 Å². The summed E-state index contributed by atoms with van der Waals surface area (Å²) >= 11 is 0. The Kier molecular flexibility index (Phi) is 3.38. The Morgan fingerprint density at radius 1 is 1.15 bits per heavy atom. The van der Waals surface area contributed by atoms with Crippen molar-refractivity contribution < 1.29 is 4.52 Å². The minimum atomic E-state index is 0.273. The van der Waals surface area contributed by atoms with Crippen LogP contribution in [0, 0.1) is 20.8 Å². The summed E-state index contributed by atoms with van der Waals surface area (Å²) in [5, 5.41) is 3.88. The van der Waals surface area contributed by atoms with Crippen LogP contribution >= 0.6 is 0 Å². The molecular formula is C14H19N5O. The number of anilines is 1. The lowest BCUT2D eigenvalue weighted by Gasteiger charge is -2.31. The van der Waals surface area contributed by atoms with Crippen molar-refractivity contribution in [1.82, 2.24) is 20.1 Å². The molecule has 0 aliphatic carbocycles. The molecule has 2 aromatic rings. The number of aromatic nitrogens is 4. The number of nitrogens with zero attached hydrogens (tertiary/aromatic N) is 5. The molecule has 1 atom stereocenters. The van der Waals surface area contributed by atoms with E-state index in [2.05, 4.69) is 25.0 Å². The average Bonchev–Trinajstić information content (AvgIpc) is 2.85. The molecular weight excluding hydrogens is 254 g/mol. The standard InChI is InChI=1S/C14H19N5O/c1-9-7-10(2)16-14(15-9)19-6-4-5-12(8-19)13-17-11(3)18-20-13/h7,12H,4-6,8H2,1-3H3/t12-/m0/s1. The molecule has 0 radical (unpaired) electrons. The van der Waals surface area contributed by atoms with E-state index in [1.54, 1.807) is 0 Å². The number of piperidine rings is 1. The van der Waals surface area contributed by atoms with Gasteiger partial charge >= 0.3 is 0 Å². The molecule has 3 rings (SSSR count). The van der Waals surface area contributed by atoms with E-state index in [4.69, 9.17) is 4.52 Å².